The maximum atomic E-state index is 13.0. The third kappa shape index (κ3) is 2.99. The summed E-state index contributed by atoms with van der Waals surface area (Å²) in [5.74, 6) is 0.211. The molecule has 0 saturated heterocycles. The SMILES string of the molecule is CC(C)c1cccc(-c2c(O)n(CCC#N)c3cccc[n+]3c2=O)c1. The number of nitriles is 1. The summed E-state index contributed by atoms with van der Waals surface area (Å²) in [6, 6.07) is 15.1. The molecular weight excluding hydrogens is 314 g/mol. The number of rotatable bonds is 4. The molecule has 3 aromatic rings. The minimum absolute atomic E-state index is 0.104. The molecule has 1 N–H and O–H groups in total. The van der Waals surface area contributed by atoms with Gasteiger partial charge in [0.05, 0.1) is 18.7 Å². The highest BCUT2D eigenvalue weighted by molar-refractivity contribution is 5.68. The van der Waals surface area contributed by atoms with Gasteiger partial charge in [-0.2, -0.15) is 14.2 Å². The van der Waals surface area contributed by atoms with E-state index in [0.29, 0.717) is 23.7 Å². The van der Waals surface area contributed by atoms with Crippen LogP contribution in [0.25, 0.3) is 16.8 Å². The van der Waals surface area contributed by atoms with E-state index in [0.717, 1.165) is 5.56 Å². The van der Waals surface area contributed by atoms with Crippen LogP contribution in [0.3, 0.4) is 0 Å². The van der Waals surface area contributed by atoms with Crippen molar-refractivity contribution in [3.63, 3.8) is 0 Å². The molecular formula is C20H20N3O2+. The van der Waals surface area contributed by atoms with Gasteiger partial charge >= 0.3 is 5.56 Å². The number of hydrogen-bond acceptors (Lipinski definition) is 3. The van der Waals surface area contributed by atoms with E-state index in [1.807, 2.05) is 24.3 Å². The Labute approximate surface area is 146 Å². The molecule has 5 nitrogen and oxygen atoms in total. The zero-order chi connectivity index (χ0) is 18.0. The van der Waals surface area contributed by atoms with E-state index in [1.54, 1.807) is 29.0 Å². The Morgan fingerprint density at radius 2 is 2.04 bits per heavy atom. The minimum Gasteiger partial charge on any atom is -0.477 e. The fraction of sp³-hybridized carbons (Fsp3) is 0.250. The van der Waals surface area contributed by atoms with Crippen molar-refractivity contribution in [3.05, 3.63) is 64.6 Å². The molecule has 0 atom stereocenters. The van der Waals surface area contributed by atoms with Gasteiger partial charge in [-0.3, -0.25) is 0 Å². The first-order chi connectivity index (χ1) is 12.0. The van der Waals surface area contributed by atoms with Crippen molar-refractivity contribution in [2.24, 2.45) is 0 Å². The van der Waals surface area contributed by atoms with Crippen molar-refractivity contribution in [2.75, 3.05) is 0 Å². The summed E-state index contributed by atoms with van der Waals surface area (Å²) in [4.78, 5) is 13.0. The molecule has 0 aliphatic heterocycles. The average molecular weight is 334 g/mol. The van der Waals surface area contributed by atoms with Gasteiger partial charge < -0.3 is 5.11 Å². The molecule has 0 aliphatic rings. The fourth-order valence-corrected chi connectivity index (χ4v) is 2.97. The second-order valence-corrected chi connectivity index (χ2v) is 6.27. The maximum absolute atomic E-state index is 13.0. The highest BCUT2D eigenvalue weighted by atomic mass is 16.3. The van der Waals surface area contributed by atoms with Crippen LogP contribution in [0.5, 0.6) is 5.88 Å². The van der Waals surface area contributed by atoms with Gasteiger partial charge in [0, 0.05) is 6.07 Å². The van der Waals surface area contributed by atoms with Crippen LogP contribution >= 0.6 is 0 Å². The van der Waals surface area contributed by atoms with Crippen molar-refractivity contribution < 1.29 is 9.51 Å². The number of benzene rings is 1. The zero-order valence-corrected chi connectivity index (χ0v) is 14.3. The van der Waals surface area contributed by atoms with Crippen LogP contribution in [0.1, 0.15) is 31.7 Å². The quantitative estimate of drug-likeness (QED) is 0.746. The molecule has 2 heterocycles. The number of aromatic hydroxyl groups is 1. The molecule has 126 valence electrons. The molecule has 25 heavy (non-hydrogen) atoms. The predicted octanol–water partition coefficient (Wildman–Crippen LogP) is 3.00. The standard InChI is InChI=1S/C20H19N3O2/c1-14(2)15-7-5-8-16(13-15)18-19(24)22-11-4-3-9-17(22)23(20(18)25)12-6-10-21/h3-5,7-9,11,13-14H,6,12H2,1-2H3/p+1. The van der Waals surface area contributed by atoms with Crippen LogP contribution in [-0.4, -0.2) is 9.67 Å². The molecule has 0 saturated carbocycles. The second kappa shape index (κ2) is 6.78. The lowest BCUT2D eigenvalue weighted by molar-refractivity contribution is -0.532. The number of aromatic nitrogens is 2. The molecule has 0 spiro atoms. The molecule has 0 bridgehead atoms. The molecule has 0 amide bonds. The summed E-state index contributed by atoms with van der Waals surface area (Å²) in [7, 11) is 0. The largest absolute Gasteiger partial charge is 0.477 e. The van der Waals surface area contributed by atoms with Gasteiger partial charge in [-0.25, -0.2) is 4.79 Å². The molecule has 1 aromatic carbocycles. The molecule has 2 aromatic heterocycles. The number of aryl methyl sites for hydroxylation is 1. The Morgan fingerprint density at radius 1 is 1.24 bits per heavy atom. The van der Waals surface area contributed by atoms with Crippen LogP contribution in [0.2, 0.25) is 0 Å². The summed E-state index contributed by atoms with van der Waals surface area (Å²) >= 11 is 0. The lowest BCUT2D eigenvalue weighted by atomic mass is 9.98. The van der Waals surface area contributed by atoms with Gasteiger partial charge in [-0.1, -0.05) is 44.2 Å². The summed E-state index contributed by atoms with van der Waals surface area (Å²) in [6.45, 7) is 4.48. The van der Waals surface area contributed by atoms with E-state index < -0.39 is 0 Å². The molecule has 0 fully saturated rings. The summed E-state index contributed by atoms with van der Waals surface area (Å²) in [5.41, 5.74) is 2.31. The third-order valence-electron chi connectivity index (χ3n) is 4.32. The lowest BCUT2D eigenvalue weighted by Gasteiger charge is -2.11. The van der Waals surface area contributed by atoms with Gasteiger partial charge in [0.1, 0.15) is 6.54 Å². The first kappa shape index (κ1) is 16.7. The molecule has 0 aliphatic carbocycles. The van der Waals surface area contributed by atoms with E-state index in [4.69, 9.17) is 5.26 Å². The van der Waals surface area contributed by atoms with Gasteiger partial charge in [0.15, 0.2) is 5.56 Å². The van der Waals surface area contributed by atoms with E-state index in [-0.39, 0.29) is 23.4 Å². The van der Waals surface area contributed by atoms with Gasteiger partial charge in [0.25, 0.3) is 11.5 Å². The van der Waals surface area contributed by atoms with Crippen LogP contribution < -0.4 is 9.96 Å². The van der Waals surface area contributed by atoms with Crippen LogP contribution in [0, 0.1) is 11.3 Å². The Hall–Kier alpha value is -3.13. The molecule has 3 rings (SSSR count). The normalized spacial score (nSPS) is 11.0. The summed E-state index contributed by atoms with van der Waals surface area (Å²) in [6.07, 6.45) is 1.92. The minimum atomic E-state index is -0.276. The van der Waals surface area contributed by atoms with E-state index in [2.05, 4.69) is 19.9 Å². The lowest BCUT2D eigenvalue weighted by Crippen LogP contribution is -2.43. The summed E-state index contributed by atoms with van der Waals surface area (Å²) in [5, 5.41) is 19.7. The monoisotopic (exact) mass is 334 g/mol. The van der Waals surface area contributed by atoms with Crippen LogP contribution in [0.4, 0.5) is 0 Å². The fourth-order valence-electron chi connectivity index (χ4n) is 2.97. The zero-order valence-electron chi connectivity index (χ0n) is 14.3. The van der Waals surface area contributed by atoms with Crippen molar-refractivity contribution in [3.8, 4) is 23.1 Å². The smallest absolute Gasteiger partial charge is 0.354 e. The predicted molar refractivity (Wildman–Crippen MR) is 95.3 cm³/mol. The highest BCUT2D eigenvalue weighted by Crippen LogP contribution is 2.28. The Bertz CT molecular complexity index is 1030. The van der Waals surface area contributed by atoms with E-state index in [9.17, 15) is 9.90 Å². The van der Waals surface area contributed by atoms with E-state index >= 15 is 0 Å². The Balaban J connectivity index is 2.34. The number of nitrogens with zero attached hydrogens (tertiary/aromatic N) is 3. The maximum Gasteiger partial charge on any atom is 0.354 e. The molecule has 0 radical (unpaired) electrons. The highest BCUT2D eigenvalue weighted by Gasteiger charge is 2.24. The summed E-state index contributed by atoms with van der Waals surface area (Å²) < 4.78 is 3.12. The molecule has 0 unspecified atom stereocenters. The first-order valence-electron chi connectivity index (χ1n) is 8.28. The Morgan fingerprint density at radius 3 is 2.76 bits per heavy atom. The van der Waals surface area contributed by atoms with Crippen molar-refractivity contribution in [1.82, 2.24) is 4.57 Å². The van der Waals surface area contributed by atoms with Crippen molar-refractivity contribution in [2.45, 2.75) is 32.7 Å². The number of fused-ring (bicyclic) bond motifs is 1. The number of hydrogen-bond donors (Lipinski definition) is 1. The van der Waals surface area contributed by atoms with Gasteiger partial charge in [0.2, 0.25) is 0 Å². The molecule has 5 heteroatoms. The Kier molecular flexibility index (Phi) is 4.53. The van der Waals surface area contributed by atoms with Crippen molar-refractivity contribution >= 4 is 5.65 Å². The topological polar surface area (TPSA) is 70.1 Å². The average Bonchev–Trinajstić information content (AvgIpc) is 2.62. The van der Waals surface area contributed by atoms with Gasteiger partial charge in [-0.15, -0.1) is 0 Å². The van der Waals surface area contributed by atoms with Crippen LogP contribution in [0.15, 0.2) is 53.5 Å². The van der Waals surface area contributed by atoms with E-state index in [1.165, 1.54) is 4.40 Å². The van der Waals surface area contributed by atoms with Crippen LogP contribution in [-0.2, 0) is 6.54 Å². The third-order valence-corrected chi connectivity index (χ3v) is 4.32. The van der Waals surface area contributed by atoms with Gasteiger partial charge in [-0.05, 0) is 23.1 Å². The van der Waals surface area contributed by atoms with Crippen molar-refractivity contribution in [1.29, 1.82) is 5.26 Å². The second-order valence-electron chi connectivity index (χ2n) is 6.27. The number of pyridine rings is 1. The first-order valence-corrected chi connectivity index (χ1v) is 8.28.